The van der Waals surface area contributed by atoms with Gasteiger partial charge in [0.25, 0.3) is 0 Å². The molecule has 1 aliphatic carbocycles. The summed E-state index contributed by atoms with van der Waals surface area (Å²) in [7, 11) is 0. The predicted molar refractivity (Wildman–Crippen MR) is 47.3 cm³/mol. The van der Waals surface area contributed by atoms with E-state index in [-0.39, 0.29) is 5.92 Å². The Hall–Kier alpha value is -0.370. The van der Waals surface area contributed by atoms with Crippen LogP contribution in [0.15, 0.2) is 0 Å². The first-order chi connectivity index (χ1) is 5.20. The van der Waals surface area contributed by atoms with Crippen molar-refractivity contribution in [1.82, 2.24) is 0 Å². The van der Waals surface area contributed by atoms with Crippen LogP contribution in [0.4, 0.5) is 0 Å². The molecule has 0 radical (unpaired) electrons. The number of nitrogens with two attached hydrogens (primary N) is 1. The number of carbonyl (C=O) groups is 1. The standard InChI is InChI=1S/C7H13NO.C2H6/c1-5(9)6-2-3-7(8)4-6;1-2/h6-7H,2-4,8H2,1H3;1-2H3. The predicted octanol–water partition coefficient (Wildman–Crippen LogP) is 1.73. The maximum Gasteiger partial charge on any atom is 0.132 e. The van der Waals surface area contributed by atoms with Gasteiger partial charge in [0.15, 0.2) is 0 Å². The zero-order valence-electron chi connectivity index (χ0n) is 7.76. The topological polar surface area (TPSA) is 43.1 Å². The SMILES string of the molecule is CC.CC(=O)C1CCC(N)C1. The highest BCUT2D eigenvalue weighted by Gasteiger charge is 2.24. The van der Waals surface area contributed by atoms with Gasteiger partial charge in [-0.3, -0.25) is 4.79 Å². The second-order valence-electron chi connectivity index (χ2n) is 2.88. The lowest BCUT2D eigenvalue weighted by atomic mass is 10.0. The van der Waals surface area contributed by atoms with Gasteiger partial charge < -0.3 is 5.73 Å². The van der Waals surface area contributed by atoms with Gasteiger partial charge in [0.1, 0.15) is 5.78 Å². The molecule has 2 atom stereocenters. The van der Waals surface area contributed by atoms with E-state index in [1.807, 2.05) is 13.8 Å². The summed E-state index contributed by atoms with van der Waals surface area (Å²) in [5, 5.41) is 0. The summed E-state index contributed by atoms with van der Waals surface area (Å²) in [6.45, 7) is 5.66. The second kappa shape index (κ2) is 5.30. The number of Topliss-reactive ketones (excluding diaryl/α,β-unsaturated/α-hetero) is 1. The molecule has 1 fully saturated rings. The molecule has 0 saturated heterocycles. The molecule has 11 heavy (non-hydrogen) atoms. The van der Waals surface area contributed by atoms with Crippen LogP contribution >= 0.6 is 0 Å². The number of ketones is 1. The number of carbonyl (C=O) groups excluding carboxylic acids is 1. The van der Waals surface area contributed by atoms with Crippen LogP contribution in [-0.4, -0.2) is 11.8 Å². The van der Waals surface area contributed by atoms with Gasteiger partial charge in [0.2, 0.25) is 0 Å². The molecule has 0 amide bonds. The number of hydrogen-bond acceptors (Lipinski definition) is 2. The Kier molecular flexibility index (Phi) is 5.12. The van der Waals surface area contributed by atoms with Crippen LogP contribution in [0.5, 0.6) is 0 Å². The van der Waals surface area contributed by atoms with Crippen molar-refractivity contribution in [3.63, 3.8) is 0 Å². The highest BCUT2D eigenvalue weighted by atomic mass is 16.1. The summed E-state index contributed by atoms with van der Waals surface area (Å²) >= 11 is 0. The molecule has 0 aliphatic heterocycles. The molecular weight excluding hydrogens is 138 g/mol. The van der Waals surface area contributed by atoms with E-state index in [2.05, 4.69) is 0 Å². The summed E-state index contributed by atoms with van der Waals surface area (Å²) in [4.78, 5) is 10.7. The van der Waals surface area contributed by atoms with Crippen LogP contribution in [-0.2, 0) is 4.79 Å². The van der Waals surface area contributed by atoms with Gasteiger partial charge in [0.05, 0.1) is 0 Å². The van der Waals surface area contributed by atoms with Crippen LogP contribution in [0.1, 0.15) is 40.0 Å². The minimum atomic E-state index is 0.278. The van der Waals surface area contributed by atoms with E-state index in [4.69, 9.17) is 5.73 Å². The van der Waals surface area contributed by atoms with Crippen LogP contribution in [0, 0.1) is 5.92 Å². The van der Waals surface area contributed by atoms with Crippen molar-refractivity contribution in [2.45, 2.75) is 46.1 Å². The van der Waals surface area contributed by atoms with E-state index in [1.165, 1.54) is 0 Å². The molecule has 66 valence electrons. The average Bonchev–Trinajstić information content (AvgIpc) is 2.40. The monoisotopic (exact) mass is 157 g/mol. The van der Waals surface area contributed by atoms with Crippen LogP contribution in [0.2, 0.25) is 0 Å². The molecule has 0 spiro atoms. The fourth-order valence-corrected chi connectivity index (χ4v) is 1.39. The zero-order chi connectivity index (χ0) is 8.85. The Morgan fingerprint density at radius 2 is 1.91 bits per heavy atom. The van der Waals surface area contributed by atoms with Crippen molar-refractivity contribution in [3.05, 3.63) is 0 Å². The minimum Gasteiger partial charge on any atom is -0.328 e. The molecule has 2 unspecified atom stereocenters. The summed E-state index contributed by atoms with van der Waals surface area (Å²) in [5.74, 6) is 0.586. The van der Waals surface area contributed by atoms with Crippen molar-refractivity contribution in [2.75, 3.05) is 0 Å². The molecule has 2 heteroatoms. The van der Waals surface area contributed by atoms with Crippen LogP contribution in [0.25, 0.3) is 0 Å². The van der Waals surface area contributed by atoms with E-state index >= 15 is 0 Å². The van der Waals surface area contributed by atoms with E-state index in [9.17, 15) is 4.79 Å². The third-order valence-corrected chi connectivity index (χ3v) is 2.05. The summed E-state index contributed by atoms with van der Waals surface area (Å²) in [6, 6.07) is 0.291. The van der Waals surface area contributed by atoms with Gasteiger partial charge in [-0.2, -0.15) is 0 Å². The first-order valence-corrected chi connectivity index (χ1v) is 4.46. The van der Waals surface area contributed by atoms with Gasteiger partial charge in [-0.1, -0.05) is 13.8 Å². The van der Waals surface area contributed by atoms with Crippen molar-refractivity contribution >= 4 is 5.78 Å². The average molecular weight is 157 g/mol. The van der Waals surface area contributed by atoms with E-state index in [0.717, 1.165) is 19.3 Å². The molecule has 2 nitrogen and oxygen atoms in total. The van der Waals surface area contributed by atoms with E-state index < -0.39 is 0 Å². The normalized spacial score (nSPS) is 29.1. The lowest BCUT2D eigenvalue weighted by Gasteiger charge is -2.01. The number of rotatable bonds is 1. The van der Waals surface area contributed by atoms with Crippen molar-refractivity contribution in [2.24, 2.45) is 11.7 Å². The molecule has 2 N–H and O–H groups in total. The maximum absolute atomic E-state index is 10.7. The van der Waals surface area contributed by atoms with Gasteiger partial charge in [-0.15, -0.1) is 0 Å². The Morgan fingerprint density at radius 1 is 1.36 bits per heavy atom. The molecule has 1 aliphatic rings. The van der Waals surface area contributed by atoms with Gasteiger partial charge in [-0.25, -0.2) is 0 Å². The highest BCUT2D eigenvalue weighted by Crippen LogP contribution is 2.24. The van der Waals surface area contributed by atoms with Crippen LogP contribution in [0.3, 0.4) is 0 Å². The molecule has 0 heterocycles. The minimum absolute atomic E-state index is 0.278. The number of hydrogen-bond donors (Lipinski definition) is 1. The third-order valence-electron chi connectivity index (χ3n) is 2.05. The summed E-state index contributed by atoms with van der Waals surface area (Å²) < 4.78 is 0. The fourth-order valence-electron chi connectivity index (χ4n) is 1.39. The molecule has 0 aromatic heterocycles. The van der Waals surface area contributed by atoms with Crippen molar-refractivity contribution in [3.8, 4) is 0 Å². The van der Waals surface area contributed by atoms with Gasteiger partial charge in [0, 0.05) is 12.0 Å². The highest BCUT2D eigenvalue weighted by molar-refractivity contribution is 5.78. The molecule has 0 aromatic carbocycles. The second-order valence-corrected chi connectivity index (χ2v) is 2.88. The fraction of sp³-hybridized carbons (Fsp3) is 0.889. The zero-order valence-corrected chi connectivity index (χ0v) is 7.76. The van der Waals surface area contributed by atoms with Gasteiger partial charge in [-0.05, 0) is 26.2 Å². The Balaban J connectivity index is 0.000000461. The third kappa shape index (κ3) is 3.51. The van der Waals surface area contributed by atoms with Crippen molar-refractivity contribution in [1.29, 1.82) is 0 Å². The first-order valence-electron chi connectivity index (χ1n) is 4.46. The lowest BCUT2D eigenvalue weighted by molar-refractivity contribution is -0.120. The maximum atomic E-state index is 10.7. The first kappa shape index (κ1) is 10.6. The Bertz CT molecular complexity index is 123. The molecule has 1 saturated carbocycles. The molecule has 0 bridgehead atoms. The van der Waals surface area contributed by atoms with E-state index in [0.29, 0.717) is 11.8 Å². The molecular formula is C9H19NO. The van der Waals surface area contributed by atoms with Gasteiger partial charge >= 0.3 is 0 Å². The largest absolute Gasteiger partial charge is 0.328 e. The molecule has 1 rings (SSSR count). The quantitative estimate of drug-likeness (QED) is 0.630. The Morgan fingerprint density at radius 3 is 2.09 bits per heavy atom. The Labute approximate surface area is 69.2 Å². The smallest absolute Gasteiger partial charge is 0.132 e. The lowest BCUT2D eigenvalue weighted by Crippen LogP contribution is -2.16. The summed E-state index contributed by atoms with van der Waals surface area (Å²) in [6.07, 6.45) is 2.95. The molecule has 0 aromatic rings. The summed E-state index contributed by atoms with van der Waals surface area (Å²) in [5.41, 5.74) is 5.61. The van der Waals surface area contributed by atoms with E-state index in [1.54, 1.807) is 6.92 Å². The van der Waals surface area contributed by atoms with Crippen LogP contribution < -0.4 is 5.73 Å². The van der Waals surface area contributed by atoms with Crippen molar-refractivity contribution < 1.29 is 4.79 Å².